The van der Waals surface area contributed by atoms with Gasteiger partial charge in [0.25, 0.3) is 0 Å². The molecule has 17 heavy (non-hydrogen) atoms. The van der Waals surface area contributed by atoms with Crippen LogP contribution < -0.4 is 11.1 Å². The van der Waals surface area contributed by atoms with Crippen molar-refractivity contribution in [3.63, 3.8) is 0 Å². The minimum atomic E-state index is -0.0135. The van der Waals surface area contributed by atoms with Gasteiger partial charge in [0, 0.05) is 19.1 Å². The van der Waals surface area contributed by atoms with Gasteiger partial charge in [-0.1, -0.05) is 26.1 Å². The first-order valence-corrected chi connectivity index (χ1v) is 6.69. The van der Waals surface area contributed by atoms with Crippen molar-refractivity contribution < 1.29 is 9.53 Å². The molecule has 0 aliphatic carbocycles. The summed E-state index contributed by atoms with van der Waals surface area (Å²) in [5, 5.41) is 3.02. The van der Waals surface area contributed by atoms with Gasteiger partial charge in [0.15, 0.2) is 0 Å². The van der Waals surface area contributed by atoms with Crippen LogP contribution >= 0.6 is 12.2 Å². The maximum Gasteiger partial charge on any atom is 0.226 e. The summed E-state index contributed by atoms with van der Waals surface area (Å²) in [4.78, 5) is 12.5. The molecule has 0 aromatic carbocycles. The Morgan fingerprint density at radius 2 is 2.29 bits per heavy atom. The normalized spacial score (nSPS) is 25.5. The molecule has 1 fully saturated rings. The molecule has 0 radical (unpaired) electrons. The molecule has 1 aliphatic rings. The van der Waals surface area contributed by atoms with E-state index in [0.717, 1.165) is 19.3 Å². The third-order valence-electron chi connectivity index (χ3n) is 3.24. The Balaban J connectivity index is 2.49. The van der Waals surface area contributed by atoms with E-state index in [2.05, 4.69) is 5.32 Å². The zero-order chi connectivity index (χ0) is 12.8. The second-order valence-electron chi connectivity index (χ2n) is 4.50. The van der Waals surface area contributed by atoms with E-state index in [-0.39, 0.29) is 24.0 Å². The highest BCUT2D eigenvalue weighted by Crippen LogP contribution is 2.23. The quantitative estimate of drug-likeness (QED) is 0.706. The molecular formula is C12H22N2O2S. The minimum absolute atomic E-state index is 0.0135. The van der Waals surface area contributed by atoms with Crippen LogP contribution in [0.25, 0.3) is 0 Å². The Bertz CT molecular complexity index is 284. The van der Waals surface area contributed by atoms with Crippen LogP contribution in [0.15, 0.2) is 0 Å². The number of rotatable bonds is 6. The van der Waals surface area contributed by atoms with Gasteiger partial charge >= 0.3 is 0 Å². The maximum atomic E-state index is 12.1. The van der Waals surface area contributed by atoms with E-state index in [1.807, 2.05) is 13.8 Å². The van der Waals surface area contributed by atoms with Gasteiger partial charge in [0.05, 0.1) is 17.0 Å². The second-order valence-corrected chi connectivity index (χ2v) is 5.02. The molecule has 0 aromatic heterocycles. The van der Waals surface area contributed by atoms with E-state index < -0.39 is 0 Å². The van der Waals surface area contributed by atoms with Crippen molar-refractivity contribution in [2.45, 2.75) is 51.7 Å². The molecule has 3 atom stereocenters. The summed E-state index contributed by atoms with van der Waals surface area (Å²) in [7, 11) is 0. The van der Waals surface area contributed by atoms with Crippen molar-refractivity contribution in [1.29, 1.82) is 0 Å². The SMILES string of the molecule is CCC(CC(N)=S)NC(=O)C1CCOC1CC. The predicted molar refractivity (Wildman–Crippen MR) is 71.8 cm³/mol. The smallest absolute Gasteiger partial charge is 0.226 e. The van der Waals surface area contributed by atoms with Crippen LogP contribution in [0.2, 0.25) is 0 Å². The molecule has 0 saturated carbocycles. The topological polar surface area (TPSA) is 64.3 Å². The molecule has 1 rings (SSSR count). The van der Waals surface area contributed by atoms with Crippen LogP contribution in [0.5, 0.6) is 0 Å². The molecule has 0 aromatic rings. The molecule has 0 spiro atoms. The lowest BCUT2D eigenvalue weighted by Crippen LogP contribution is -2.42. The van der Waals surface area contributed by atoms with E-state index in [4.69, 9.17) is 22.7 Å². The molecule has 3 unspecified atom stereocenters. The molecule has 98 valence electrons. The summed E-state index contributed by atoms with van der Waals surface area (Å²) in [6, 6.07) is 0.0538. The number of nitrogens with one attached hydrogen (secondary N) is 1. The molecule has 1 saturated heterocycles. The van der Waals surface area contributed by atoms with Gasteiger partial charge in [-0.2, -0.15) is 0 Å². The fourth-order valence-corrected chi connectivity index (χ4v) is 2.40. The maximum absolute atomic E-state index is 12.1. The number of hydrogen-bond acceptors (Lipinski definition) is 3. The number of thiocarbonyl (C=S) groups is 1. The lowest BCUT2D eigenvalue weighted by molar-refractivity contribution is -0.127. The van der Waals surface area contributed by atoms with E-state index in [1.165, 1.54) is 0 Å². The van der Waals surface area contributed by atoms with Crippen LogP contribution in [-0.4, -0.2) is 29.6 Å². The average Bonchev–Trinajstić information content (AvgIpc) is 2.75. The van der Waals surface area contributed by atoms with E-state index in [9.17, 15) is 4.79 Å². The molecule has 1 heterocycles. The van der Waals surface area contributed by atoms with Gasteiger partial charge in [-0.05, 0) is 19.3 Å². The number of amides is 1. The van der Waals surface area contributed by atoms with Gasteiger partial charge in [-0.3, -0.25) is 4.79 Å². The molecule has 4 nitrogen and oxygen atoms in total. The zero-order valence-electron chi connectivity index (χ0n) is 10.6. The highest BCUT2D eigenvalue weighted by atomic mass is 32.1. The first kappa shape index (κ1) is 14.4. The molecule has 1 amide bonds. The van der Waals surface area contributed by atoms with Crippen molar-refractivity contribution in [3.05, 3.63) is 0 Å². The van der Waals surface area contributed by atoms with Crippen molar-refractivity contribution >= 4 is 23.1 Å². The van der Waals surface area contributed by atoms with Gasteiger partial charge in [0.1, 0.15) is 0 Å². The van der Waals surface area contributed by atoms with Crippen molar-refractivity contribution in [1.82, 2.24) is 5.32 Å². The van der Waals surface area contributed by atoms with Crippen molar-refractivity contribution in [2.75, 3.05) is 6.61 Å². The number of carbonyl (C=O) groups is 1. The summed E-state index contributed by atoms with van der Waals surface area (Å²) in [6.45, 7) is 4.75. The van der Waals surface area contributed by atoms with Gasteiger partial charge in [-0.25, -0.2) is 0 Å². The molecular weight excluding hydrogens is 236 g/mol. The Kier molecular flexibility index (Phi) is 5.85. The van der Waals surface area contributed by atoms with Crippen LogP contribution in [0, 0.1) is 5.92 Å². The summed E-state index contributed by atoms with van der Waals surface area (Å²) in [6.07, 6.45) is 3.17. The van der Waals surface area contributed by atoms with Gasteiger partial charge in [0.2, 0.25) is 5.91 Å². The van der Waals surface area contributed by atoms with Crippen LogP contribution in [-0.2, 0) is 9.53 Å². The molecule has 5 heteroatoms. The van der Waals surface area contributed by atoms with Crippen LogP contribution in [0.3, 0.4) is 0 Å². The fraction of sp³-hybridized carbons (Fsp3) is 0.833. The average molecular weight is 258 g/mol. The fourth-order valence-electron chi connectivity index (χ4n) is 2.20. The standard InChI is InChI=1S/C12H22N2O2S/c1-3-8(7-11(13)17)14-12(15)9-5-6-16-10(9)4-2/h8-10H,3-7H2,1-2H3,(H2,13,17)(H,14,15). The zero-order valence-corrected chi connectivity index (χ0v) is 11.4. The monoisotopic (exact) mass is 258 g/mol. The Labute approximate surface area is 108 Å². The molecule has 1 aliphatic heterocycles. The summed E-state index contributed by atoms with van der Waals surface area (Å²) >= 11 is 4.87. The Hall–Kier alpha value is -0.680. The lowest BCUT2D eigenvalue weighted by atomic mass is 9.98. The van der Waals surface area contributed by atoms with Gasteiger partial charge in [-0.15, -0.1) is 0 Å². The highest BCUT2D eigenvalue weighted by molar-refractivity contribution is 7.80. The first-order chi connectivity index (χ1) is 8.08. The second kappa shape index (κ2) is 6.91. The summed E-state index contributed by atoms with van der Waals surface area (Å²) in [5.74, 6) is 0.0674. The first-order valence-electron chi connectivity index (χ1n) is 6.28. The number of hydrogen-bond donors (Lipinski definition) is 2. The van der Waals surface area contributed by atoms with Crippen molar-refractivity contribution in [3.8, 4) is 0 Å². The van der Waals surface area contributed by atoms with E-state index in [0.29, 0.717) is 18.0 Å². The van der Waals surface area contributed by atoms with Gasteiger partial charge < -0.3 is 15.8 Å². The number of carbonyl (C=O) groups excluding carboxylic acids is 1. The highest BCUT2D eigenvalue weighted by Gasteiger charge is 2.33. The van der Waals surface area contributed by atoms with Crippen molar-refractivity contribution in [2.24, 2.45) is 11.7 Å². The third-order valence-corrected chi connectivity index (χ3v) is 3.40. The van der Waals surface area contributed by atoms with E-state index >= 15 is 0 Å². The third kappa shape index (κ3) is 4.24. The number of ether oxygens (including phenoxy) is 1. The minimum Gasteiger partial charge on any atom is -0.393 e. The predicted octanol–water partition coefficient (Wildman–Crippen LogP) is 1.37. The number of nitrogens with two attached hydrogens (primary N) is 1. The largest absolute Gasteiger partial charge is 0.393 e. The van der Waals surface area contributed by atoms with E-state index in [1.54, 1.807) is 0 Å². The summed E-state index contributed by atoms with van der Waals surface area (Å²) < 4.78 is 5.52. The molecule has 0 bridgehead atoms. The molecule has 3 N–H and O–H groups in total. The summed E-state index contributed by atoms with van der Waals surface area (Å²) in [5.41, 5.74) is 5.51. The Morgan fingerprint density at radius 1 is 1.59 bits per heavy atom. The van der Waals surface area contributed by atoms with Crippen LogP contribution in [0.4, 0.5) is 0 Å². The Morgan fingerprint density at radius 3 is 2.82 bits per heavy atom. The van der Waals surface area contributed by atoms with Crippen LogP contribution in [0.1, 0.15) is 39.5 Å². The lowest BCUT2D eigenvalue weighted by Gasteiger charge is -2.21.